The quantitative estimate of drug-likeness (QED) is 0.678. The first-order chi connectivity index (χ1) is 10.2. The van der Waals surface area contributed by atoms with Gasteiger partial charge in [0.2, 0.25) is 5.95 Å². The van der Waals surface area contributed by atoms with Gasteiger partial charge < -0.3 is 15.5 Å². The second-order valence-corrected chi connectivity index (χ2v) is 4.86. The number of rotatable bonds is 4. The van der Waals surface area contributed by atoms with Crippen molar-refractivity contribution in [3.63, 3.8) is 0 Å². The molecule has 0 amide bonds. The molecule has 3 aromatic rings. The lowest BCUT2D eigenvalue weighted by Gasteiger charge is -2.02. The molecule has 0 spiro atoms. The molecule has 0 unspecified atom stereocenters. The highest BCUT2D eigenvalue weighted by molar-refractivity contribution is 5.76. The highest BCUT2D eigenvalue weighted by Crippen LogP contribution is 2.15. The zero-order valence-corrected chi connectivity index (χ0v) is 11.6. The Morgan fingerprint density at radius 1 is 1.19 bits per heavy atom. The van der Waals surface area contributed by atoms with Gasteiger partial charge in [0.25, 0.3) is 5.56 Å². The lowest BCUT2D eigenvalue weighted by molar-refractivity contribution is 0.414. The van der Waals surface area contributed by atoms with E-state index in [4.69, 9.17) is 10.5 Å². The number of nitrogens with zero attached hydrogens (tertiary/aromatic N) is 1. The molecule has 0 bridgehead atoms. The molecular formula is C15H16N4O2. The van der Waals surface area contributed by atoms with Crippen LogP contribution >= 0.6 is 0 Å². The van der Waals surface area contributed by atoms with Crippen LogP contribution in [0.3, 0.4) is 0 Å². The molecule has 2 heterocycles. The number of ether oxygens (including phenoxy) is 1. The van der Waals surface area contributed by atoms with E-state index in [2.05, 4.69) is 15.0 Å². The third-order valence-corrected chi connectivity index (χ3v) is 3.41. The average molecular weight is 284 g/mol. The summed E-state index contributed by atoms with van der Waals surface area (Å²) in [5.74, 6) is 0.964. The Morgan fingerprint density at radius 2 is 1.95 bits per heavy atom. The molecule has 0 aliphatic rings. The van der Waals surface area contributed by atoms with Crippen molar-refractivity contribution in [2.24, 2.45) is 0 Å². The second kappa shape index (κ2) is 5.32. The first kappa shape index (κ1) is 13.2. The van der Waals surface area contributed by atoms with Gasteiger partial charge in [-0.1, -0.05) is 12.1 Å². The van der Waals surface area contributed by atoms with Crippen LogP contribution in [0.1, 0.15) is 11.3 Å². The standard InChI is InChI=1S/C15H16N4O2/c1-21-11-6-3-9(4-7-11)2-5-10-8-12-13(17-10)18-15(16)19-14(12)20/h3-4,6-8H,2,5H2,1H3,(H4,16,17,18,19,20). The van der Waals surface area contributed by atoms with Crippen molar-refractivity contribution in [3.05, 3.63) is 51.9 Å². The summed E-state index contributed by atoms with van der Waals surface area (Å²) in [6.45, 7) is 0. The minimum absolute atomic E-state index is 0.121. The van der Waals surface area contributed by atoms with Gasteiger partial charge in [-0.2, -0.15) is 4.98 Å². The Hall–Kier alpha value is -2.76. The zero-order valence-electron chi connectivity index (χ0n) is 11.6. The number of fused-ring (bicyclic) bond motifs is 1. The summed E-state index contributed by atoms with van der Waals surface area (Å²) in [5, 5.41) is 0.536. The fourth-order valence-electron chi connectivity index (χ4n) is 2.30. The number of hydrogen-bond acceptors (Lipinski definition) is 4. The molecule has 6 heteroatoms. The topological polar surface area (TPSA) is 96.8 Å². The summed E-state index contributed by atoms with van der Waals surface area (Å²) in [6.07, 6.45) is 1.66. The number of hydrogen-bond donors (Lipinski definition) is 3. The first-order valence-electron chi connectivity index (χ1n) is 6.66. The summed E-state index contributed by atoms with van der Waals surface area (Å²) >= 11 is 0. The van der Waals surface area contributed by atoms with Crippen molar-refractivity contribution in [3.8, 4) is 5.75 Å². The third kappa shape index (κ3) is 2.74. The Labute approximate surface area is 121 Å². The molecule has 3 rings (SSSR count). The molecule has 6 nitrogen and oxygen atoms in total. The predicted octanol–water partition coefficient (Wildman–Crippen LogP) is 1.63. The number of aromatic nitrogens is 3. The van der Waals surface area contributed by atoms with Crippen LogP contribution in [0, 0.1) is 0 Å². The van der Waals surface area contributed by atoms with E-state index >= 15 is 0 Å². The molecule has 0 radical (unpaired) electrons. The van der Waals surface area contributed by atoms with Gasteiger partial charge in [0.05, 0.1) is 12.5 Å². The van der Waals surface area contributed by atoms with Crippen molar-refractivity contribution < 1.29 is 4.74 Å². The van der Waals surface area contributed by atoms with Crippen LogP contribution in [0.5, 0.6) is 5.75 Å². The van der Waals surface area contributed by atoms with E-state index < -0.39 is 0 Å². The Morgan fingerprint density at radius 3 is 2.67 bits per heavy atom. The van der Waals surface area contributed by atoms with Crippen molar-refractivity contribution in [2.45, 2.75) is 12.8 Å². The van der Waals surface area contributed by atoms with E-state index in [0.717, 1.165) is 24.3 Å². The van der Waals surface area contributed by atoms with Crippen molar-refractivity contribution in [2.75, 3.05) is 12.8 Å². The summed E-state index contributed by atoms with van der Waals surface area (Å²) in [6, 6.07) is 9.76. The van der Waals surface area contributed by atoms with Gasteiger partial charge in [0.1, 0.15) is 11.4 Å². The SMILES string of the molecule is COc1ccc(CCc2cc3c(=O)[nH]c(N)nc3[nH]2)cc1. The Balaban J connectivity index is 1.78. The van der Waals surface area contributed by atoms with Gasteiger partial charge in [-0.3, -0.25) is 9.78 Å². The van der Waals surface area contributed by atoms with E-state index in [1.807, 2.05) is 30.3 Å². The van der Waals surface area contributed by atoms with Gasteiger partial charge >= 0.3 is 0 Å². The number of benzene rings is 1. The predicted molar refractivity (Wildman–Crippen MR) is 81.5 cm³/mol. The van der Waals surface area contributed by atoms with E-state index in [1.165, 1.54) is 5.56 Å². The molecule has 2 aromatic heterocycles. The Bertz CT molecular complexity index is 818. The normalized spacial score (nSPS) is 10.9. The molecular weight excluding hydrogens is 268 g/mol. The van der Waals surface area contributed by atoms with Gasteiger partial charge in [0, 0.05) is 5.69 Å². The highest BCUT2D eigenvalue weighted by atomic mass is 16.5. The van der Waals surface area contributed by atoms with Crippen LogP contribution in [0.2, 0.25) is 0 Å². The lowest BCUT2D eigenvalue weighted by Crippen LogP contribution is -2.09. The number of H-pyrrole nitrogens is 2. The minimum atomic E-state index is -0.218. The molecule has 0 aliphatic heterocycles. The molecule has 21 heavy (non-hydrogen) atoms. The van der Waals surface area contributed by atoms with Gasteiger partial charge in [-0.25, -0.2) is 0 Å². The van der Waals surface area contributed by atoms with Crippen molar-refractivity contribution in [1.82, 2.24) is 15.0 Å². The molecule has 0 saturated carbocycles. The monoisotopic (exact) mass is 284 g/mol. The van der Waals surface area contributed by atoms with Crippen LogP contribution in [0.25, 0.3) is 11.0 Å². The van der Waals surface area contributed by atoms with Crippen LogP contribution in [-0.4, -0.2) is 22.1 Å². The number of aromatic amines is 2. The fraction of sp³-hybridized carbons (Fsp3) is 0.200. The number of nitrogen functional groups attached to an aromatic ring is 1. The summed E-state index contributed by atoms with van der Waals surface area (Å²) in [7, 11) is 1.65. The third-order valence-electron chi connectivity index (χ3n) is 3.41. The van der Waals surface area contributed by atoms with Crippen molar-refractivity contribution in [1.29, 1.82) is 0 Å². The summed E-state index contributed by atoms with van der Waals surface area (Å²) in [4.78, 5) is 21.5. The van der Waals surface area contributed by atoms with Gasteiger partial charge in [-0.05, 0) is 36.6 Å². The molecule has 4 N–H and O–H groups in total. The van der Waals surface area contributed by atoms with E-state index in [0.29, 0.717) is 11.0 Å². The zero-order chi connectivity index (χ0) is 14.8. The molecule has 0 saturated heterocycles. The molecule has 0 atom stereocenters. The Kier molecular flexibility index (Phi) is 3.35. The van der Waals surface area contributed by atoms with E-state index in [-0.39, 0.29) is 11.5 Å². The highest BCUT2D eigenvalue weighted by Gasteiger charge is 2.07. The summed E-state index contributed by atoms with van der Waals surface area (Å²) in [5.41, 5.74) is 8.01. The van der Waals surface area contributed by atoms with Crippen molar-refractivity contribution >= 4 is 17.0 Å². The number of nitrogens with one attached hydrogen (secondary N) is 2. The van der Waals surface area contributed by atoms with Gasteiger partial charge in [0.15, 0.2) is 0 Å². The van der Waals surface area contributed by atoms with E-state index in [9.17, 15) is 4.79 Å². The molecule has 108 valence electrons. The summed E-state index contributed by atoms with van der Waals surface area (Å²) < 4.78 is 5.13. The number of anilines is 1. The van der Waals surface area contributed by atoms with Crippen LogP contribution < -0.4 is 16.0 Å². The maximum absolute atomic E-state index is 11.7. The minimum Gasteiger partial charge on any atom is -0.497 e. The fourth-order valence-corrected chi connectivity index (χ4v) is 2.30. The maximum Gasteiger partial charge on any atom is 0.261 e. The maximum atomic E-state index is 11.7. The van der Waals surface area contributed by atoms with E-state index in [1.54, 1.807) is 7.11 Å². The number of methoxy groups -OCH3 is 1. The molecule has 1 aromatic carbocycles. The average Bonchev–Trinajstić information content (AvgIpc) is 2.89. The first-order valence-corrected chi connectivity index (χ1v) is 6.66. The smallest absolute Gasteiger partial charge is 0.261 e. The largest absolute Gasteiger partial charge is 0.497 e. The molecule has 0 fully saturated rings. The van der Waals surface area contributed by atoms with Crippen LogP contribution in [-0.2, 0) is 12.8 Å². The lowest BCUT2D eigenvalue weighted by atomic mass is 10.1. The number of aryl methyl sites for hydroxylation is 2. The van der Waals surface area contributed by atoms with Gasteiger partial charge in [-0.15, -0.1) is 0 Å². The molecule has 0 aliphatic carbocycles. The number of nitrogens with two attached hydrogens (primary N) is 1. The second-order valence-electron chi connectivity index (χ2n) is 4.86. The van der Waals surface area contributed by atoms with Crippen LogP contribution in [0.4, 0.5) is 5.95 Å². The van der Waals surface area contributed by atoms with Crippen LogP contribution in [0.15, 0.2) is 35.1 Å².